The van der Waals surface area contributed by atoms with Crippen molar-refractivity contribution < 1.29 is 8.91 Å². The van der Waals surface area contributed by atoms with Crippen molar-refractivity contribution >= 4 is 0 Å². The molecular formula is C13H12FN3O. The van der Waals surface area contributed by atoms with Crippen LogP contribution in [0.2, 0.25) is 0 Å². The zero-order valence-corrected chi connectivity index (χ0v) is 9.90. The van der Waals surface area contributed by atoms with Crippen LogP contribution in [0.25, 0.3) is 0 Å². The summed E-state index contributed by atoms with van der Waals surface area (Å²) in [5.74, 6) is 0.375. The molecule has 0 unspecified atom stereocenters. The summed E-state index contributed by atoms with van der Waals surface area (Å²) < 4.78 is 18.5. The molecule has 5 heteroatoms. The van der Waals surface area contributed by atoms with E-state index in [-0.39, 0.29) is 5.82 Å². The number of nitrogens with zero attached hydrogens (tertiary/aromatic N) is 2. The van der Waals surface area contributed by atoms with Gasteiger partial charge in [0.2, 0.25) is 0 Å². The number of nitrogens with one attached hydrogen (secondary N) is 1. The van der Waals surface area contributed by atoms with Gasteiger partial charge in [0.15, 0.2) is 5.76 Å². The third kappa shape index (κ3) is 2.93. The summed E-state index contributed by atoms with van der Waals surface area (Å²) in [6.45, 7) is 2.64. The predicted molar refractivity (Wildman–Crippen MR) is 62.9 cm³/mol. The van der Waals surface area contributed by atoms with Gasteiger partial charge in [-0.2, -0.15) is 5.26 Å². The first-order valence-electron chi connectivity index (χ1n) is 5.50. The second-order valence-electron chi connectivity index (χ2n) is 3.96. The van der Waals surface area contributed by atoms with Crippen LogP contribution >= 0.6 is 0 Å². The predicted octanol–water partition coefficient (Wildman–Crippen LogP) is 2.28. The van der Waals surface area contributed by atoms with Crippen molar-refractivity contribution in [3.05, 3.63) is 52.7 Å². The minimum absolute atomic E-state index is 0.324. The van der Waals surface area contributed by atoms with Crippen molar-refractivity contribution in [2.45, 2.75) is 20.0 Å². The summed E-state index contributed by atoms with van der Waals surface area (Å²) in [4.78, 5) is 0. The highest BCUT2D eigenvalue weighted by molar-refractivity contribution is 5.33. The molecule has 0 amide bonds. The Labute approximate surface area is 104 Å². The topological polar surface area (TPSA) is 61.9 Å². The van der Waals surface area contributed by atoms with Crippen molar-refractivity contribution in [2.24, 2.45) is 0 Å². The molecule has 1 N–H and O–H groups in total. The summed E-state index contributed by atoms with van der Waals surface area (Å²) >= 11 is 0. The van der Waals surface area contributed by atoms with Crippen LogP contribution in [0.3, 0.4) is 0 Å². The van der Waals surface area contributed by atoms with Gasteiger partial charge in [0.1, 0.15) is 5.82 Å². The van der Waals surface area contributed by atoms with E-state index in [0.717, 1.165) is 5.69 Å². The Balaban J connectivity index is 1.96. The van der Waals surface area contributed by atoms with E-state index in [1.54, 1.807) is 0 Å². The van der Waals surface area contributed by atoms with E-state index in [4.69, 9.17) is 9.78 Å². The lowest BCUT2D eigenvalue weighted by Gasteiger charge is -2.04. The van der Waals surface area contributed by atoms with Crippen molar-refractivity contribution in [1.82, 2.24) is 10.5 Å². The zero-order chi connectivity index (χ0) is 13.0. The largest absolute Gasteiger partial charge is 0.360 e. The van der Waals surface area contributed by atoms with E-state index in [2.05, 4.69) is 10.5 Å². The molecule has 2 rings (SSSR count). The van der Waals surface area contributed by atoms with E-state index < -0.39 is 0 Å². The quantitative estimate of drug-likeness (QED) is 0.897. The molecule has 0 spiro atoms. The van der Waals surface area contributed by atoms with E-state index >= 15 is 0 Å². The van der Waals surface area contributed by atoms with Gasteiger partial charge < -0.3 is 9.84 Å². The lowest BCUT2D eigenvalue weighted by atomic mass is 10.1. The van der Waals surface area contributed by atoms with Crippen LogP contribution in [0.4, 0.5) is 4.39 Å². The first-order valence-corrected chi connectivity index (χ1v) is 5.50. The molecule has 0 bridgehead atoms. The normalized spacial score (nSPS) is 10.3. The summed E-state index contributed by atoms with van der Waals surface area (Å²) in [6, 6.07) is 8.09. The maximum absolute atomic E-state index is 13.5. The molecule has 1 heterocycles. The molecule has 0 aliphatic carbocycles. The number of hydrogen-bond acceptors (Lipinski definition) is 4. The van der Waals surface area contributed by atoms with Crippen LogP contribution in [0.5, 0.6) is 0 Å². The van der Waals surface area contributed by atoms with Gasteiger partial charge in [-0.05, 0) is 25.1 Å². The molecule has 0 saturated carbocycles. The Morgan fingerprint density at radius 1 is 1.39 bits per heavy atom. The molecule has 1 aromatic heterocycles. The van der Waals surface area contributed by atoms with E-state index in [0.29, 0.717) is 30.0 Å². The van der Waals surface area contributed by atoms with E-state index in [1.807, 2.05) is 19.1 Å². The van der Waals surface area contributed by atoms with Crippen molar-refractivity contribution in [1.29, 1.82) is 5.26 Å². The average Bonchev–Trinajstić information content (AvgIpc) is 2.77. The van der Waals surface area contributed by atoms with E-state index in [1.165, 1.54) is 18.2 Å². The monoisotopic (exact) mass is 245 g/mol. The number of halogens is 1. The lowest BCUT2D eigenvalue weighted by Crippen LogP contribution is -2.13. The molecule has 0 aliphatic heterocycles. The van der Waals surface area contributed by atoms with Gasteiger partial charge in [0.25, 0.3) is 0 Å². The minimum atomic E-state index is -0.324. The van der Waals surface area contributed by atoms with Crippen molar-refractivity contribution in [3.63, 3.8) is 0 Å². The van der Waals surface area contributed by atoms with Crippen molar-refractivity contribution in [3.8, 4) is 6.07 Å². The molecule has 0 fully saturated rings. The summed E-state index contributed by atoms with van der Waals surface area (Å²) in [7, 11) is 0. The van der Waals surface area contributed by atoms with Crippen LogP contribution in [0.15, 0.2) is 28.8 Å². The Bertz CT molecular complexity index is 586. The van der Waals surface area contributed by atoms with Gasteiger partial charge in [-0.15, -0.1) is 0 Å². The summed E-state index contributed by atoms with van der Waals surface area (Å²) in [5.41, 5.74) is 1.72. The summed E-state index contributed by atoms with van der Waals surface area (Å²) in [6.07, 6.45) is 0. The number of aromatic nitrogens is 1. The van der Waals surface area contributed by atoms with Crippen LogP contribution in [-0.4, -0.2) is 5.16 Å². The average molecular weight is 245 g/mol. The maximum Gasteiger partial charge on any atom is 0.150 e. The van der Waals surface area contributed by atoms with Crippen LogP contribution in [0.1, 0.15) is 22.6 Å². The highest BCUT2D eigenvalue weighted by atomic mass is 19.1. The van der Waals surface area contributed by atoms with Gasteiger partial charge in [-0.25, -0.2) is 4.39 Å². The van der Waals surface area contributed by atoms with Gasteiger partial charge in [-0.1, -0.05) is 5.16 Å². The number of benzene rings is 1. The molecule has 0 aliphatic rings. The lowest BCUT2D eigenvalue weighted by molar-refractivity contribution is 0.369. The number of nitriles is 1. The molecule has 1 aromatic carbocycles. The highest BCUT2D eigenvalue weighted by Gasteiger charge is 2.05. The smallest absolute Gasteiger partial charge is 0.150 e. The number of rotatable bonds is 4. The summed E-state index contributed by atoms with van der Waals surface area (Å²) in [5, 5.41) is 15.5. The van der Waals surface area contributed by atoms with E-state index in [9.17, 15) is 4.39 Å². The number of aryl methyl sites for hydroxylation is 1. The third-order valence-electron chi connectivity index (χ3n) is 2.47. The standard InChI is InChI=1S/C13H12FN3O/c1-9-4-12(18-17-9)8-16-7-11-5-10(6-15)2-3-13(11)14/h2-5,16H,7-8H2,1H3. The Hall–Kier alpha value is -2.19. The maximum atomic E-state index is 13.5. The Morgan fingerprint density at radius 2 is 2.22 bits per heavy atom. The molecule has 2 aromatic rings. The Morgan fingerprint density at radius 3 is 2.89 bits per heavy atom. The molecule has 0 atom stereocenters. The van der Waals surface area contributed by atoms with Gasteiger partial charge in [-0.3, -0.25) is 0 Å². The molecule has 18 heavy (non-hydrogen) atoms. The number of hydrogen-bond donors (Lipinski definition) is 1. The Kier molecular flexibility index (Phi) is 3.70. The molecule has 4 nitrogen and oxygen atoms in total. The highest BCUT2D eigenvalue weighted by Crippen LogP contribution is 2.10. The van der Waals surface area contributed by atoms with Gasteiger partial charge in [0.05, 0.1) is 23.9 Å². The molecule has 0 saturated heterocycles. The van der Waals surface area contributed by atoms with Crippen LogP contribution in [-0.2, 0) is 13.1 Å². The third-order valence-corrected chi connectivity index (χ3v) is 2.47. The fourth-order valence-electron chi connectivity index (χ4n) is 1.60. The molecule has 92 valence electrons. The zero-order valence-electron chi connectivity index (χ0n) is 9.90. The fourth-order valence-corrected chi connectivity index (χ4v) is 1.60. The first kappa shape index (κ1) is 12.3. The molecular weight excluding hydrogens is 233 g/mol. The SMILES string of the molecule is Cc1cc(CNCc2cc(C#N)ccc2F)on1. The van der Waals surface area contributed by atoms with Crippen LogP contribution < -0.4 is 5.32 Å². The van der Waals surface area contributed by atoms with Crippen LogP contribution in [0, 0.1) is 24.1 Å². The second-order valence-corrected chi connectivity index (χ2v) is 3.96. The van der Waals surface area contributed by atoms with Gasteiger partial charge in [0, 0.05) is 18.2 Å². The van der Waals surface area contributed by atoms with Crippen molar-refractivity contribution in [2.75, 3.05) is 0 Å². The second kappa shape index (κ2) is 5.43. The molecule has 0 radical (unpaired) electrons. The first-order chi connectivity index (χ1) is 8.69. The minimum Gasteiger partial charge on any atom is -0.360 e. The van der Waals surface area contributed by atoms with Gasteiger partial charge >= 0.3 is 0 Å². The fraction of sp³-hybridized carbons (Fsp3) is 0.231.